The minimum absolute atomic E-state index is 0.472. The molecule has 1 heterocycles. The number of nitrogens with one attached hydrogen (secondary N) is 1. The van der Waals surface area contributed by atoms with Gasteiger partial charge in [-0.15, -0.1) is 5.10 Å². The molecule has 1 aromatic carbocycles. The Kier molecular flexibility index (Phi) is 2.79. The number of aromatic nitrogens is 3. The molecular weight excluding hydrogens is 222 g/mol. The number of anilines is 1. The number of benzene rings is 1. The van der Waals surface area contributed by atoms with Crippen LogP contribution in [0.15, 0.2) is 28.3 Å². The van der Waals surface area contributed by atoms with Crippen LogP contribution in [0.4, 0.5) is 5.69 Å². The Labute approximate surface area is 96.7 Å². The largest absolute Gasteiger partial charge is 0.398 e. The molecule has 2 rings (SSSR count). The minimum Gasteiger partial charge on any atom is -0.398 e. The highest BCUT2D eigenvalue weighted by Gasteiger charge is 2.05. The summed E-state index contributed by atoms with van der Waals surface area (Å²) in [5.74, 6) is 0.768. The Morgan fingerprint density at radius 3 is 2.88 bits per heavy atom. The maximum absolute atomic E-state index is 8.74. The summed E-state index contributed by atoms with van der Waals surface area (Å²) in [6.45, 7) is 1.84. The van der Waals surface area contributed by atoms with E-state index >= 15 is 0 Å². The second-order valence-corrected chi connectivity index (χ2v) is 4.21. The molecule has 0 unspecified atom stereocenters. The molecule has 5 nitrogen and oxygen atoms in total. The van der Waals surface area contributed by atoms with Gasteiger partial charge in [0.2, 0.25) is 5.16 Å². The Morgan fingerprint density at radius 1 is 1.50 bits per heavy atom. The number of aromatic amines is 1. The van der Waals surface area contributed by atoms with Gasteiger partial charge in [-0.1, -0.05) is 0 Å². The van der Waals surface area contributed by atoms with Crippen molar-refractivity contribution in [1.29, 1.82) is 5.26 Å². The van der Waals surface area contributed by atoms with Crippen LogP contribution in [0, 0.1) is 18.3 Å². The van der Waals surface area contributed by atoms with Crippen molar-refractivity contribution in [2.45, 2.75) is 17.0 Å². The van der Waals surface area contributed by atoms with Gasteiger partial charge in [-0.3, -0.25) is 5.10 Å². The van der Waals surface area contributed by atoms with Crippen molar-refractivity contribution in [2.24, 2.45) is 0 Å². The van der Waals surface area contributed by atoms with Gasteiger partial charge in [0.25, 0.3) is 0 Å². The van der Waals surface area contributed by atoms with Crippen molar-refractivity contribution in [3.05, 3.63) is 29.6 Å². The first kappa shape index (κ1) is 10.5. The first-order valence-electron chi connectivity index (χ1n) is 4.55. The molecule has 3 N–H and O–H groups in total. The number of hydrogen-bond acceptors (Lipinski definition) is 5. The minimum atomic E-state index is 0.472. The monoisotopic (exact) mass is 231 g/mol. The fourth-order valence-electron chi connectivity index (χ4n) is 1.18. The number of rotatable bonds is 2. The fraction of sp³-hybridized carbons (Fsp3) is 0.100. The van der Waals surface area contributed by atoms with Crippen LogP contribution < -0.4 is 5.73 Å². The molecule has 0 aliphatic rings. The standard InChI is InChI=1S/C10H9N5S/c1-6-13-10(15-14-6)16-8-3-2-7(5-11)9(12)4-8/h2-4H,12H2,1H3,(H,13,14,15). The third-order valence-corrected chi connectivity index (χ3v) is 2.78. The highest BCUT2D eigenvalue weighted by Crippen LogP contribution is 2.27. The highest BCUT2D eigenvalue weighted by molar-refractivity contribution is 7.99. The number of aryl methyl sites for hydroxylation is 1. The molecule has 2 aromatic rings. The van der Waals surface area contributed by atoms with E-state index < -0.39 is 0 Å². The molecule has 0 atom stereocenters. The first-order valence-corrected chi connectivity index (χ1v) is 5.37. The van der Waals surface area contributed by atoms with Crippen LogP contribution in [0.3, 0.4) is 0 Å². The maximum atomic E-state index is 8.74. The van der Waals surface area contributed by atoms with E-state index in [1.165, 1.54) is 11.8 Å². The molecule has 0 spiro atoms. The third kappa shape index (κ3) is 2.15. The Hall–Kier alpha value is -2.00. The van der Waals surface area contributed by atoms with Gasteiger partial charge in [0.1, 0.15) is 11.9 Å². The van der Waals surface area contributed by atoms with Gasteiger partial charge in [-0.05, 0) is 36.9 Å². The molecule has 0 aliphatic heterocycles. The zero-order valence-corrected chi connectivity index (χ0v) is 9.38. The van der Waals surface area contributed by atoms with Gasteiger partial charge in [0.15, 0.2) is 0 Å². The lowest BCUT2D eigenvalue weighted by Gasteiger charge is -2.00. The first-order chi connectivity index (χ1) is 7.69. The second kappa shape index (κ2) is 4.24. The summed E-state index contributed by atoms with van der Waals surface area (Å²) >= 11 is 1.40. The summed E-state index contributed by atoms with van der Waals surface area (Å²) in [5.41, 5.74) is 6.66. The van der Waals surface area contributed by atoms with Gasteiger partial charge in [-0.2, -0.15) is 5.26 Å². The molecule has 80 valence electrons. The van der Waals surface area contributed by atoms with Crippen molar-refractivity contribution in [1.82, 2.24) is 15.2 Å². The molecule has 0 aliphatic carbocycles. The van der Waals surface area contributed by atoms with Crippen LogP contribution in [0.5, 0.6) is 0 Å². The van der Waals surface area contributed by atoms with Crippen LogP contribution in [-0.2, 0) is 0 Å². The van der Waals surface area contributed by atoms with Gasteiger partial charge in [0, 0.05) is 4.90 Å². The number of nitrogens with zero attached hydrogens (tertiary/aromatic N) is 3. The lowest BCUT2D eigenvalue weighted by molar-refractivity contribution is 0.969. The van der Waals surface area contributed by atoms with Crippen molar-refractivity contribution < 1.29 is 0 Å². The van der Waals surface area contributed by atoms with Gasteiger partial charge < -0.3 is 5.73 Å². The normalized spacial score (nSPS) is 10.0. The van der Waals surface area contributed by atoms with Gasteiger partial charge >= 0.3 is 0 Å². The number of hydrogen-bond donors (Lipinski definition) is 2. The van der Waals surface area contributed by atoms with E-state index in [4.69, 9.17) is 11.0 Å². The predicted molar refractivity (Wildman–Crippen MR) is 60.8 cm³/mol. The van der Waals surface area contributed by atoms with E-state index in [2.05, 4.69) is 15.2 Å². The lowest BCUT2D eigenvalue weighted by Crippen LogP contribution is -1.90. The van der Waals surface area contributed by atoms with E-state index in [9.17, 15) is 0 Å². The van der Waals surface area contributed by atoms with E-state index in [0.717, 1.165) is 10.7 Å². The van der Waals surface area contributed by atoms with Crippen LogP contribution in [0.2, 0.25) is 0 Å². The summed E-state index contributed by atoms with van der Waals surface area (Å²) in [5, 5.41) is 16.1. The Morgan fingerprint density at radius 2 is 2.31 bits per heavy atom. The molecule has 6 heteroatoms. The molecule has 0 radical (unpaired) electrons. The van der Waals surface area contributed by atoms with Gasteiger partial charge in [0.05, 0.1) is 11.3 Å². The van der Waals surface area contributed by atoms with Crippen molar-refractivity contribution in [3.8, 4) is 6.07 Å². The van der Waals surface area contributed by atoms with E-state index in [1.54, 1.807) is 12.1 Å². The molecule has 0 amide bonds. The lowest BCUT2D eigenvalue weighted by atomic mass is 10.2. The molecule has 0 bridgehead atoms. The SMILES string of the molecule is Cc1nc(Sc2ccc(C#N)c(N)c2)n[nH]1. The summed E-state index contributed by atoms with van der Waals surface area (Å²) in [6.07, 6.45) is 0. The average Bonchev–Trinajstić information content (AvgIpc) is 2.64. The second-order valence-electron chi connectivity index (χ2n) is 3.17. The molecule has 1 aromatic heterocycles. The van der Waals surface area contributed by atoms with E-state index in [0.29, 0.717) is 16.4 Å². The van der Waals surface area contributed by atoms with Crippen LogP contribution in [-0.4, -0.2) is 15.2 Å². The van der Waals surface area contributed by atoms with Crippen molar-refractivity contribution in [2.75, 3.05) is 5.73 Å². The zero-order chi connectivity index (χ0) is 11.5. The molecular formula is C10H9N5S. The summed E-state index contributed by atoms with van der Waals surface area (Å²) < 4.78 is 0. The molecule has 0 saturated heterocycles. The third-order valence-electron chi connectivity index (χ3n) is 1.93. The van der Waals surface area contributed by atoms with Crippen molar-refractivity contribution >= 4 is 17.4 Å². The summed E-state index contributed by atoms with van der Waals surface area (Å²) in [7, 11) is 0. The quantitative estimate of drug-likeness (QED) is 0.768. The smallest absolute Gasteiger partial charge is 0.213 e. The molecule has 0 fully saturated rings. The Bertz CT molecular complexity index is 555. The summed E-state index contributed by atoms with van der Waals surface area (Å²) in [6, 6.07) is 7.28. The van der Waals surface area contributed by atoms with Crippen LogP contribution in [0.1, 0.15) is 11.4 Å². The molecule has 0 saturated carbocycles. The van der Waals surface area contributed by atoms with Crippen LogP contribution in [0.25, 0.3) is 0 Å². The van der Waals surface area contributed by atoms with Crippen molar-refractivity contribution in [3.63, 3.8) is 0 Å². The predicted octanol–water partition coefficient (Wildman–Crippen LogP) is 1.72. The molecule has 16 heavy (non-hydrogen) atoms. The summed E-state index contributed by atoms with van der Waals surface area (Å²) in [4.78, 5) is 5.08. The average molecular weight is 231 g/mol. The highest BCUT2D eigenvalue weighted by atomic mass is 32.2. The van der Waals surface area contributed by atoms with E-state index in [1.807, 2.05) is 19.1 Å². The number of nitrogen functional groups attached to an aromatic ring is 1. The van der Waals surface area contributed by atoms with Gasteiger partial charge in [-0.25, -0.2) is 4.98 Å². The maximum Gasteiger partial charge on any atom is 0.213 e. The van der Waals surface area contributed by atoms with E-state index in [-0.39, 0.29) is 0 Å². The fourth-order valence-corrected chi connectivity index (χ4v) is 1.99. The number of H-pyrrole nitrogens is 1. The number of nitriles is 1. The number of nitrogens with two attached hydrogens (primary N) is 1. The topological polar surface area (TPSA) is 91.4 Å². The Balaban J connectivity index is 2.23. The van der Waals surface area contributed by atoms with Crippen LogP contribution >= 0.6 is 11.8 Å². The zero-order valence-electron chi connectivity index (χ0n) is 8.56.